The van der Waals surface area contributed by atoms with E-state index in [9.17, 15) is 0 Å². The largest absolute Gasteiger partial charge is 0.312 e. The van der Waals surface area contributed by atoms with Crippen LogP contribution in [-0.4, -0.2) is 30.6 Å². The smallest absolute Gasteiger partial charge is 0.0451 e. The zero-order chi connectivity index (χ0) is 14.1. The van der Waals surface area contributed by atoms with Crippen LogP contribution in [-0.2, 0) is 6.54 Å². The summed E-state index contributed by atoms with van der Waals surface area (Å²) in [6.07, 6.45) is 5.45. The van der Waals surface area contributed by atoms with E-state index in [-0.39, 0.29) is 0 Å². The van der Waals surface area contributed by atoms with E-state index in [4.69, 9.17) is 23.2 Å². The molecule has 0 amide bonds. The molecule has 2 aliphatic rings. The average molecular weight is 313 g/mol. The summed E-state index contributed by atoms with van der Waals surface area (Å²) in [5, 5.41) is 5.11. The molecule has 110 valence electrons. The summed E-state index contributed by atoms with van der Waals surface area (Å²) in [6.45, 7) is 1.89. The van der Waals surface area contributed by atoms with Crippen molar-refractivity contribution in [1.82, 2.24) is 10.2 Å². The fraction of sp³-hybridized carbons (Fsp3) is 0.625. The Kier molecular flexibility index (Phi) is 4.56. The van der Waals surface area contributed by atoms with Gasteiger partial charge in [0.1, 0.15) is 0 Å². The Morgan fingerprint density at radius 3 is 2.60 bits per heavy atom. The number of hydrogen-bond acceptors (Lipinski definition) is 2. The lowest BCUT2D eigenvalue weighted by Crippen LogP contribution is -2.42. The molecular weight excluding hydrogens is 291 g/mol. The highest BCUT2D eigenvalue weighted by Crippen LogP contribution is 2.37. The van der Waals surface area contributed by atoms with E-state index in [2.05, 4.69) is 17.3 Å². The molecule has 2 atom stereocenters. The van der Waals surface area contributed by atoms with E-state index in [1.165, 1.54) is 25.7 Å². The van der Waals surface area contributed by atoms with Crippen molar-refractivity contribution in [3.63, 3.8) is 0 Å². The molecule has 2 fully saturated rings. The second kappa shape index (κ2) is 6.23. The molecule has 0 aromatic heterocycles. The molecule has 0 spiro atoms. The first kappa shape index (κ1) is 14.6. The van der Waals surface area contributed by atoms with Gasteiger partial charge in [0.15, 0.2) is 0 Å². The minimum atomic E-state index is 0.753. The van der Waals surface area contributed by atoms with Crippen molar-refractivity contribution >= 4 is 23.2 Å². The SMILES string of the molecule is CN1C2CCC1CC(CNCc1cc(Cl)ccc1Cl)C2. The molecule has 4 heteroatoms. The first-order chi connectivity index (χ1) is 9.63. The van der Waals surface area contributed by atoms with Crippen LogP contribution in [0.15, 0.2) is 18.2 Å². The van der Waals surface area contributed by atoms with Gasteiger partial charge in [-0.15, -0.1) is 0 Å². The van der Waals surface area contributed by atoms with Gasteiger partial charge in [0.25, 0.3) is 0 Å². The van der Waals surface area contributed by atoms with Crippen molar-refractivity contribution in [2.75, 3.05) is 13.6 Å². The number of nitrogens with zero attached hydrogens (tertiary/aromatic N) is 1. The number of hydrogen-bond donors (Lipinski definition) is 1. The van der Waals surface area contributed by atoms with Crippen LogP contribution < -0.4 is 5.32 Å². The Hall–Kier alpha value is -0.280. The predicted octanol–water partition coefficient (Wildman–Crippen LogP) is 3.96. The zero-order valence-electron chi connectivity index (χ0n) is 11.9. The van der Waals surface area contributed by atoms with Crippen LogP contribution in [0, 0.1) is 5.92 Å². The van der Waals surface area contributed by atoms with Gasteiger partial charge in [-0.25, -0.2) is 0 Å². The topological polar surface area (TPSA) is 15.3 Å². The number of rotatable bonds is 4. The van der Waals surface area contributed by atoms with Crippen LogP contribution >= 0.6 is 23.2 Å². The monoisotopic (exact) mass is 312 g/mol. The molecule has 2 aliphatic heterocycles. The highest BCUT2D eigenvalue weighted by Gasteiger charge is 2.37. The van der Waals surface area contributed by atoms with Gasteiger partial charge in [-0.3, -0.25) is 0 Å². The maximum absolute atomic E-state index is 6.19. The molecule has 2 bridgehead atoms. The third-order valence-electron chi connectivity index (χ3n) is 4.95. The van der Waals surface area contributed by atoms with Crippen LogP contribution in [0.25, 0.3) is 0 Å². The zero-order valence-corrected chi connectivity index (χ0v) is 13.4. The fourth-order valence-electron chi connectivity index (χ4n) is 3.78. The molecule has 0 saturated carbocycles. The van der Waals surface area contributed by atoms with Crippen molar-refractivity contribution < 1.29 is 0 Å². The Labute approximate surface area is 131 Å². The summed E-state index contributed by atoms with van der Waals surface area (Å²) in [7, 11) is 2.29. The Balaban J connectivity index is 1.50. The minimum Gasteiger partial charge on any atom is -0.312 e. The Morgan fingerprint density at radius 2 is 1.90 bits per heavy atom. The summed E-state index contributed by atoms with van der Waals surface area (Å²) in [4.78, 5) is 2.59. The van der Waals surface area contributed by atoms with Gasteiger partial charge in [0.2, 0.25) is 0 Å². The lowest BCUT2D eigenvalue weighted by molar-refractivity contribution is 0.133. The number of fused-ring (bicyclic) bond motifs is 2. The van der Waals surface area contributed by atoms with Gasteiger partial charge in [0.05, 0.1) is 0 Å². The molecule has 0 aliphatic carbocycles. The van der Waals surface area contributed by atoms with E-state index in [1.54, 1.807) is 0 Å². The van der Waals surface area contributed by atoms with Gasteiger partial charge < -0.3 is 10.2 Å². The molecule has 2 unspecified atom stereocenters. The maximum atomic E-state index is 6.19. The second-order valence-electron chi connectivity index (χ2n) is 6.25. The number of benzene rings is 1. The molecule has 0 radical (unpaired) electrons. The number of piperidine rings is 1. The second-order valence-corrected chi connectivity index (χ2v) is 7.10. The summed E-state index contributed by atoms with van der Waals surface area (Å²) in [5.74, 6) is 0.807. The standard InChI is InChI=1S/C16H22Cl2N2/c1-20-14-3-4-15(20)7-11(6-14)9-19-10-12-8-13(17)2-5-16(12)18/h2,5,8,11,14-15,19H,3-4,6-7,9-10H2,1H3. The fourth-order valence-corrected chi connectivity index (χ4v) is 4.16. The number of halogens is 2. The predicted molar refractivity (Wildman–Crippen MR) is 85.5 cm³/mol. The molecule has 3 rings (SSSR count). The minimum absolute atomic E-state index is 0.753. The molecule has 1 aromatic rings. The maximum Gasteiger partial charge on any atom is 0.0451 e. The van der Waals surface area contributed by atoms with E-state index in [0.717, 1.165) is 46.7 Å². The van der Waals surface area contributed by atoms with Gasteiger partial charge in [0, 0.05) is 28.7 Å². The van der Waals surface area contributed by atoms with Crippen LogP contribution in [0.2, 0.25) is 10.0 Å². The van der Waals surface area contributed by atoms with E-state index in [0.29, 0.717) is 0 Å². The van der Waals surface area contributed by atoms with Crippen LogP contribution in [0.5, 0.6) is 0 Å². The summed E-state index contributed by atoms with van der Waals surface area (Å²) in [5.41, 5.74) is 1.09. The van der Waals surface area contributed by atoms with E-state index in [1.807, 2.05) is 18.2 Å². The van der Waals surface area contributed by atoms with Crippen molar-refractivity contribution in [1.29, 1.82) is 0 Å². The molecular formula is C16H22Cl2N2. The van der Waals surface area contributed by atoms with Crippen molar-refractivity contribution in [2.45, 2.75) is 44.3 Å². The molecule has 1 N–H and O–H groups in total. The van der Waals surface area contributed by atoms with Crippen LogP contribution in [0.4, 0.5) is 0 Å². The van der Waals surface area contributed by atoms with Crippen LogP contribution in [0.3, 0.4) is 0 Å². The summed E-state index contributed by atoms with van der Waals surface area (Å²) < 4.78 is 0. The van der Waals surface area contributed by atoms with Crippen LogP contribution in [0.1, 0.15) is 31.2 Å². The number of nitrogens with one attached hydrogen (secondary N) is 1. The Morgan fingerprint density at radius 1 is 1.20 bits per heavy atom. The average Bonchev–Trinajstić information content (AvgIpc) is 2.65. The van der Waals surface area contributed by atoms with Crippen molar-refractivity contribution in [3.8, 4) is 0 Å². The first-order valence-corrected chi connectivity index (χ1v) is 8.25. The Bertz CT molecular complexity index is 464. The molecule has 2 saturated heterocycles. The van der Waals surface area contributed by atoms with E-state index < -0.39 is 0 Å². The van der Waals surface area contributed by atoms with Crippen molar-refractivity contribution in [3.05, 3.63) is 33.8 Å². The summed E-state index contributed by atoms with van der Waals surface area (Å²) >= 11 is 12.2. The highest BCUT2D eigenvalue weighted by atomic mass is 35.5. The molecule has 1 aromatic carbocycles. The van der Waals surface area contributed by atoms with E-state index >= 15 is 0 Å². The third-order valence-corrected chi connectivity index (χ3v) is 5.56. The quantitative estimate of drug-likeness (QED) is 0.905. The van der Waals surface area contributed by atoms with Gasteiger partial charge in [-0.1, -0.05) is 23.2 Å². The normalized spacial score (nSPS) is 29.9. The molecule has 2 heterocycles. The lowest BCUT2D eigenvalue weighted by atomic mass is 9.91. The third kappa shape index (κ3) is 3.14. The van der Waals surface area contributed by atoms with Gasteiger partial charge in [-0.05, 0) is 69.0 Å². The lowest BCUT2D eigenvalue weighted by Gasteiger charge is -2.36. The summed E-state index contributed by atoms with van der Waals surface area (Å²) in [6, 6.07) is 7.29. The van der Waals surface area contributed by atoms with Gasteiger partial charge in [-0.2, -0.15) is 0 Å². The molecule has 2 nitrogen and oxygen atoms in total. The molecule has 20 heavy (non-hydrogen) atoms. The highest BCUT2D eigenvalue weighted by molar-refractivity contribution is 6.33. The van der Waals surface area contributed by atoms with Gasteiger partial charge >= 0.3 is 0 Å². The van der Waals surface area contributed by atoms with Crippen molar-refractivity contribution in [2.24, 2.45) is 5.92 Å². The first-order valence-electron chi connectivity index (χ1n) is 7.50.